The van der Waals surface area contributed by atoms with Crippen LogP contribution in [0.2, 0.25) is 5.02 Å². The Labute approximate surface area is 162 Å². The summed E-state index contributed by atoms with van der Waals surface area (Å²) in [5, 5.41) is 2.79. The highest BCUT2D eigenvalue weighted by molar-refractivity contribution is 6.33. The lowest BCUT2D eigenvalue weighted by Crippen LogP contribution is -2.25. The van der Waals surface area contributed by atoms with Crippen molar-refractivity contribution in [3.8, 4) is 22.8 Å². The van der Waals surface area contributed by atoms with Gasteiger partial charge >= 0.3 is 6.29 Å². The van der Waals surface area contributed by atoms with Gasteiger partial charge in [0, 0.05) is 24.9 Å². The third-order valence-corrected chi connectivity index (χ3v) is 4.35. The Bertz CT molecular complexity index is 1080. The van der Waals surface area contributed by atoms with Crippen molar-refractivity contribution < 1.29 is 23.0 Å². The molecule has 4 rings (SSSR count). The number of alkyl halides is 2. The summed E-state index contributed by atoms with van der Waals surface area (Å²) in [6.45, 7) is 1.89. The number of hydrogen-bond donors (Lipinski definition) is 1. The van der Waals surface area contributed by atoms with Gasteiger partial charge in [0.25, 0.3) is 5.91 Å². The molecule has 1 N–H and O–H groups in total. The number of halogens is 3. The lowest BCUT2D eigenvalue weighted by atomic mass is 10.1. The lowest BCUT2D eigenvalue weighted by molar-refractivity contribution is -0.286. The molecule has 1 amide bonds. The Morgan fingerprint density at radius 3 is 2.50 bits per heavy atom. The molecule has 0 saturated heterocycles. The zero-order chi connectivity index (χ0) is 20.1. The molecule has 0 bridgehead atoms. The van der Waals surface area contributed by atoms with E-state index in [4.69, 9.17) is 11.6 Å². The van der Waals surface area contributed by atoms with Gasteiger partial charge in [0.1, 0.15) is 5.69 Å². The second-order valence-electron chi connectivity index (χ2n) is 6.20. The van der Waals surface area contributed by atoms with E-state index in [0.717, 1.165) is 5.56 Å². The van der Waals surface area contributed by atoms with Crippen LogP contribution in [0.1, 0.15) is 16.1 Å². The first-order valence-electron chi connectivity index (χ1n) is 8.08. The summed E-state index contributed by atoms with van der Waals surface area (Å²) >= 11 is 6.14. The van der Waals surface area contributed by atoms with Gasteiger partial charge in [0.15, 0.2) is 17.3 Å². The molecule has 0 saturated carbocycles. The van der Waals surface area contributed by atoms with Crippen molar-refractivity contribution in [2.75, 3.05) is 5.32 Å². The van der Waals surface area contributed by atoms with Gasteiger partial charge in [-0.1, -0.05) is 11.6 Å². The SMILES string of the molecule is Cc1cc(C(=O)Nc2cnc(-c3cc4c(cc3Cl)OC(F)(F)O4)cn2)n(C)c1. The van der Waals surface area contributed by atoms with E-state index in [9.17, 15) is 13.6 Å². The third kappa shape index (κ3) is 3.36. The number of hydrogen-bond acceptors (Lipinski definition) is 5. The van der Waals surface area contributed by atoms with E-state index in [1.807, 2.05) is 13.1 Å². The number of carbonyl (C=O) groups is 1. The van der Waals surface area contributed by atoms with Crippen LogP contribution < -0.4 is 14.8 Å². The standard InChI is InChI=1S/C18H13ClF2N4O3/c1-9-3-13(25(2)8-9)17(26)24-16-7-22-12(6-23-16)10-4-14-15(5-11(10)19)28-18(20,21)27-14/h3-8H,1-2H3,(H,23,24,26). The number of aryl methyl sites for hydroxylation is 2. The van der Waals surface area contributed by atoms with Crippen LogP contribution in [0.15, 0.2) is 36.8 Å². The summed E-state index contributed by atoms with van der Waals surface area (Å²) < 4.78 is 36.9. The number of fused-ring (bicyclic) bond motifs is 1. The molecule has 0 atom stereocenters. The predicted molar refractivity (Wildman–Crippen MR) is 96.8 cm³/mol. The second kappa shape index (κ2) is 6.45. The van der Waals surface area contributed by atoms with Crippen LogP contribution in [0.3, 0.4) is 0 Å². The Morgan fingerprint density at radius 1 is 1.18 bits per heavy atom. The number of nitrogens with one attached hydrogen (secondary N) is 1. The molecule has 0 radical (unpaired) electrons. The van der Waals surface area contributed by atoms with Gasteiger partial charge in [-0.15, -0.1) is 8.78 Å². The van der Waals surface area contributed by atoms with Crippen molar-refractivity contribution in [3.63, 3.8) is 0 Å². The van der Waals surface area contributed by atoms with Crippen molar-refractivity contribution in [1.29, 1.82) is 0 Å². The Hall–Kier alpha value is -3.20. The number of anilines is 1. The predicted octanol–water partition coefficient (Wildman–Crippen LogP) is 4.02. The first kappa shape index (κ1) is 18.2. The van der Waals surface area contributed by atoms with E-state index >= 15 is 0 Å². The maximum Gasteiger partial charge on any atom is 0.586 e. The maximum absolute atomic E-state index is 13.2. The Morgan fingerprint density at radius 2 is 1.89 bits per heavy atom. The summed E-state index contributed by atoms with van der Waals surface area (Å²) in [4.78, 5) is 20.7. The Balaban J connectivity index is 1.56. The van der Waals surface area contributed by atoms with E-state index < -0.39 is 6.29 Å². The van der Waals surface area contributed by atoms with Gasteiger partial charge in [-0.25, -0.2) is 4.98 Å². The third-order valence-electron chi connectivity index (χ3n) is 4.03. The smallest absolute Gasteiger partial charge is 0.395 e. The molecule has 0 unspecified atom stereocenters. The summed E-state index contributed by atoms with van der Waals surface area (Å²) in [6.07, 6.45) is 0.806. The summed E-state index contributed by atoms with van der Waals surface area (Å²) in [5.74, 6) is -0.409. The summed E-state index contributed by atoms with van der Waals surface area (Å²) in [5.41, 5.74) is 2.09. The monoisotopic (exact) mass is 406 g/mol. The highest BCUT2D eigenvalue weighted by atomic mass is 35.5. The molecule has 3 heterocycles. The molecule has 0 spiro atoms. The minimum absolute atomic E-state index is 0.144. The number of benzene rings is 1. The molecular formula is C18H13ClF2N4O3. The first-order chi connectivity index (χ1) is 13.2. The van der Waals surface area contributed by atoms with Crippen LogP contribution in [0.4, 0.5) is 14.6 Å². The van der Waals surface area contributed by atoms with Crippen molar-refractivity contribution in [3.05, 3.63) is 53.1 Å². The number of amides is 1. The van der Waals surface area contributed by atoms with Gasteiger partial charge in [0.05, 0.1) is 23.1 Å². The van der Waals surface area contributed by atoms with Crippen LogP contribution >= 0.6 is 11.6 Å². The summed E-state index contributed by atoms with van der Waals surface area (Å²) in [6, 6.07) is 4.27. The van der Waals surface area contributed by atoms with Crippen LogP contribution in [0, 0.1) is 6.92 Å². The molecule has 144 valence electrons. The molecule has 0 aliphatic carbocycles. The fourth-order valence-electron chi connectivity index (χ4n) is 2.84. The topological polar surface area (TPSA) is 78.3 Å². The largest absolute Gasteiger partial charge is 0.586 e. The van der Waals surface area contributed by atoms with Gasteiger partial charge in [-0.2, -0.15) is 0 Å². The first-order valence-corrected chi connectivity index (χ1v) is 8.46. The van der Waals surface area contributed by atoms with Crippen molar-refractivity contribution in [2.45, 2.75) is 13.2 Å². The van der Waals surface area contributed by atoms with Gasteiger partial charge in [-0.3, -0.25) is 9.78 Å². The molecular weight excluding hydrogens is 394 g/mol. The van der Waals surface area contributed by atoms with Crippen LogP contribution in [0.25, 0.3) is 11.3 Å². The van der Waals surface area contributed by atoms with Crippen LogP contribution in [0.5, 0.6) is 11.5 Å². The summed E-state index contributed by atoms with van der Waals surface area (Å²) in [7, 11) is 1.77. The molecule has 1 aliphatic heterocycles. The molecule has 1 aliphatic rings. The number of carbonyl (C=O) groups excluding carboxylic acids is 1. The van der Waals surface area contributed by atoms with Gasteiger partial charge in [0.2, 0.25) is 0 Å². The van der Waals surface area contributed by atoms with Crippen LogP contribution in [-0.4, -0.2) is 26.7 Å². The fraction of sp³-hybridized carbons (Fsp3) is 0.167. The molecule has 2 aromatic heterocycles. The second-order valence-corrected chi connectivity index (χ2v) is 6.61. The molecule has 1 aromatic carbocycles. The molecule has 0 fully saturated rings. The van der Waals surface area contributed by atoms with E-state index in [-0.39, 0.29) is 28.2 Å². The maximum atomic E-state index is 13.2. The van der Waals surface area contributed by atoms with E-state index in [2.05, 4.69) is 24.8 Å². The number of rotatable bonds is 3. The zero-order valence-corrected chi connectivity index (χ0v) is 15.4. The quantitative estimate of drug-likeness (QED) is 0.710. The number of ether oxygens (including phenoxy) is 2. The zero-order valence-electron chi connectivity index (χ0n) is 14.7. The lowest BCUT2D eigenvalue weighted by Gasteiger charge is -2.07. The highest BCUT2D eigenvalue weighted by Crippen LogP contribution is 2.45. The average Bonchev–Trinajstić information content (AvgIpc) is 3.11. The van der Waals surface area contributed by atoms with Gasteiger partial charge < -0.3 is 19.4 Å². The van der Waals surface area contributed by atoms with Gasteiger partial charge in [-0.05, 0) is 24.6 Å². The van der Waals surface area contributed by atoms with E-state index in [0.29, 0.717) is 17.0 Å². The number of nitrogens with zero attached hydrogens (tertiary/aromatic N) is 3. The van der Waals surface area contributed by atoms with E-state index in [1.54, 1.807) is 17.7 Å². The van der Waals surface area contributed by atoms with Crippen molar-refractivity contribution in [2.24, 2.45) is 7.05 Å². The van der Waals surface area contributed by atoms with Crippen molar-refractivity contribution in [1.82, 2.24) is 14.5 Å². The Kier molecular flexibility index (Phi) is 4.19. The van der Waals surface area contributed by atoms with E-state index in [1.165, 1.54) is 24.5 Å². The molecule has 3 aromatic rings. The molecule has 7 nitrogen and oxygen atoms in total. The molecule has 28 heavy (non-hydrogen) atoms. The highest BCUT2D eigenvalue weighted by Gasteiger charge is 2.43. The average molecular weight is 407 g/mol. The molecule has 10 heteroatoms. The normalized spacial score (nSPS) is 14.2. The fourth-order valence-corrected chi connectivity index (χ4v) is 3.09. The van der Waals surface area contributed by atoms with Crippen molar-refractivity contribution >= 4 is 23.3 Å². The minimum Gasteiger partial charge on any atom is -0.395 e. The number of aromatic nitrogens is 3. The van der Waals surface area contributed by atoms with Crippen LogP contribution in [-0.2, 0) is 7.05 Å². The minimum atomic E-state index is -3.74.